The van der Waals surface area contributed by atoms with Crippen LogP contribution >= 0.6 is 50.7 Å². The van der Waals surface area contributed by atoms with Gasteiger partial charge in [0.05, 0.1) is 18.6 Å². The molecule has 0 aromatic rings. The Labute approximate surface area is 148 Å². The summed E-state index contributed by atoms with van der Waals surface area (Å²) in [5.41, 5.74) is -1.15. The number of hydrogen-bond acceptors (Lipinski definition) is 4. The fraction of sp³-hybridized carbons (Fsp3) is 0.846. The first-order valence-electron chi connectivity index (χ1n) is 6.48. The summed E-state index contributed by atoms with van der Waals surface area (Å²) < 4.78 is 7.31. The van der Waals surface area contributed by atoms with Crippen LogP contribution in [0.2, 0.25) is 0 Å². The Balaban J connectivity index is 5.32. The molecule has 0 bridgehead atoms. The number of rotatable bonds is 7. The van der Waals surface area contributed by atoms with E-state index in [9.17, 15) is 9.59 Å². The SMILES string of the molecule is CCOC(=O)C(C)(Br)CC(C)(CC(Cl)(Cl)Cl)C(=O)OCC. The quantitative estimate of drug-likeness (QED) is 0.447. The normalized spacial score (nSPS) is 17.5. The second kappa shape index (κ2) is 8.23. The fourth-order valence-corrected chi connectivity index (χ4v) is 3.66. The summed E-state index contributed by atoms with van der Waals surface area (Å²) >= 11 is 20.8. The summed E-state index contributed by atoms with van der Waals surface area (Å²) in [6.07, 6.45) is -0.00429. The molecule has 0 aliphatic heterocycles. The second-order valence-corrected chi connectivity index (χ2v) is 9.43. The molecule has 0 heterocycles. The molecule has 0 aliphatic carbocycles. The molecule has 0 N–H and O–H groups in total. The van der Waals surface area contributed by atoms with Crippen molar-refractivity contribution in [2.45, 2.75) is 48.7 Å². The van der Waals surface area contributed by atoms with Gasteiger partial charge in [0.2, 0.25) is 0 Å². The van der Waals surface area contributed by atoms with Gasteiger partial charge in [-0.1, -0.05) is 50.7 Å². The molecule has 0 amide bonds. The van der Waals surface area contributed by atoms with Crippen molar-refractivity contribution < 1.29 is 19.1 Å². The van der Waals surface area contributed by atoms with Gasteiger partial charge in [0.1, 0.15) is 4.32 Å². The van der Waals surface area contributed by atoms with Gasteiger partial charge >= 0.3 is 11.9 Å². The van der Waals surface area contributed by atoms with Crippen LogP contribution in [0, 0.1) is 5.41 Å². The summed E-state index contributed by atoms with van der Waals surface area (Å²) in [4.78, 5) is 24.2. The number of alkyl halides is 4. The molecule has 0 aliphatic rings. The van der Waals surface area contributed by atoms with Crippen LogP contribution in [0.15, 0.2) is 0 Å². The predicted octanol–water partition coefficient (Wildman–Crippen LogP) is 4.42. The van der Waals surface area contributed by atoms with Crippen molar-refractivity contribution in [1.82, 2.24) is 0 Å². The second-order valence-electron chi connectivity index (χ2n) is 5.17. The minimum absolute atomic E-state index is 0.0750. The van der Waals surface area contributed by atoms with Gasteiger partial charge in [-0.15, -0.1) is 0 Å². The number of esters is 2. The van der Waals surface area contributed by atoms with Crippen LogP contribution in [-0.2, 0) is 19.1 Å². The molecule has 0 radical (unpaired) electrons. The van der Waals surface area contributed by atoms with Crippen molar-refractivity contribution in [1.29, 1.82) is 0 Å². The smallest absolute Gasteiger partial charge is 0.322 e. The van der Waals surface area contributed by atoms with Gasteiger partial charge < -0.3 is 9.47 Å². The van der Waals surface area contributed by atoms with E-state index in [1.54, 1.807) is 27.7 Å². The van der Waals surface area contributed by atoms with Crippen LogP contribution in [-0.4, -0.2) is 33.3 Å². The van der Waals surface area contributed by atoms with E-state index in [1.165, 1.54) is 0 Å². The van der Waals surface area contributed by atoms with E-state index >= 15 is 0 Å². The molecule has 0 aromatic heterocycles. The highest BCUT2D eigenvalue weighted by Crippen LogP contribution is 2.46. The van der Waals surface area contributed by atoms with Gasteiger partial charge in [-0.05, 0) is 34.1 Å². The molecule has 0 fully saturated rings. The van der Waals surface area contributed by atoms with E-state index in [0.29, 0.717) is 0 Å². The largest absolute Gasteiger partial charge is 0.466 e. The van der Waals surface area contributed by atoms with Crippen molar-refractivity contribution in [3.8, 4) is 0 Å². The van der Waals surface area contributed by atoms with Gasteiger partial charge in [0.15, 0.2) is 3.79 Å². The zero-order valence-electron chi connectivity index (χ0n) is 12.5. The number of carbonyl (C=O) groups is 2. The Bertz CT molecular complexity index is 382. The van der Waals surface area contributed by atoms with Crippen molar-refractivity contribution in [2.75, 3.05) is 13.2 Å². The number of carbonyl (C=O) groups excluding carboxylic acids is 2. The summed E-state index contributed by atoms with van der Waals surface area (Å²) in [6, 6.07) is 0. The van der Waals surface area contributed by atoms with Crippen LogP contribution < -0.4 is 0 Å². The van der Waals surface area contributed by atoms with E-state index < -0.39 is 25.5 Å². The van der Waals surface area contributed by atoms with Crippen LogP contribution in [0.1, 0.15) is 40.5 Å². The third-order valence-electron chi connectivity index (χ3n) is 2.78. The molecule has 8 heteroatoms. The maximum Gasteiger partial charge on any atom is 0.322 e. The molecule has 4 nitrogen and oxygen atoms in total. The third kappa shape index (κ3) is 7.40. The minimum atomic E-state index is -1.64. The fourth-order valence-electron chi connectivity index (χ4n) is 2.04. The van der Waals surface area contributed by atoms with Crippen molar-refractivity contribution >= 4 is 62.7 Å². The molecule has 2 atom stereocenters. The first-order valence-corrected chi connectivity index (χ1v) is 8.41. The monoisotopic (exact) mass is 424 g/mol. The lowest BCUT2D eigenvalue weighted by Gasteiger charge is -2.35. The summed E-state index contributed by atoms with van der Waals surface area (Å²) in [5.74, 6) is -1.00. The Kier molecular flexibility index (Phi) is 8.34. The van der Waals surface area contributed by atoms with Gasteiger partial charge in [-0.2, -0.15) is 0 Å². The molecular formula is C13H20BrCl3O4. The molecule has 0 saturated heterocycles. The summed E-state index contributed by atoms with van der Waals surface area (Å²) in [5, 5.41) is 0. The molecular weight excluding hydrogens is 406 g/mol. The van der Waals surface area contributed by atoms with Crippen LogP contribution in [0.25, 0.3) is 0 Å². The van der Waals surface area contributed by atoms with Gasteiger partial charge in [-0.25, -0.2) is 0 Å². The maximum atomic E-state index is 12.2. The van der Waals surface area contributed by atoms with Crippen molar-refractivity contribution in [3.05, 3.63) is 0 Å². The zero-order valence-corrected chi connectivity index (χ0v) is 16.3. The molecule has 21 heavy (non-hydrogen) atoms. The standard InChI is InChI=1S/C13H20BrCl3O4/c1-5-20-9(18)11(3,8-13(15,16)17)7-12(4,14)10(19)21-6-2/h5-8H2,1-4H3. The highest BCUT2D eigenvalue weighted by molar-refractivity contribution is 9.10. The van der Waals surface area contributed by atoms with Gasteiger partial charge in [-0.3, -0.25) is 9.59 Å². The maximum absolute atomic E-state index is 12.2. The Morgan fingerprint density at radius 2 is 1.38 bits per heavy atom. The van der Waals surface area contributed by atoms with E-state index in [4.69, 9.17) is 44.3 Å². The van der Waals surface area contributed by atoms with E-state index in [2.05, 4.69) is 15.9 Å². The highest BCUT2D eigenvalue weighted by atomic mass is 79.9. The number of halogens is 4. The van der Waals surface area contributed by atoms with Crippen molar-refractivity contribution in [3.63, 3.8) is 0 Å². The Morgan fingerprint density at radius 3 is 1.76 bits per heavy atom. The topological polar surface area (TPSA) is 52.6 Å². The zero-order chi connectivity index (χ0) is 16.9. The Hall–Kier alpha value is 0.290. The average molecular weight is 427 g/mol. The molecule has 0 saturated carbocycles. The number of ether oxygens (including phenoxy) is 2. The van der Waals surface area contributed by atoms with Gasteiger partial charge in [0.25, 0.3) is 0 Å². The first kappa shape index (κ1) is 21.3. The number of hydrogen-bond donors (Lipinski definition) is 0. The molecule has 0 aromatic carbocycles. The molecule has 2 unspecified atom stereocenters. The third-order valence-corrected chi connectivity index (χ3v) is 3.79. The van der Waals surface area contributed by atoms with Crippen LogP contribution in [0.3, 0.4) is 0 Å². The average Bonchev–Trinajstić information content (AvgIpc) is 2.26. The predicted molar refractivity (Wildman–Crippen MR) is 88.2 cm³/mol. The highest BCUT2D eigenvalue weighted by Gasteiger charge is 2.48. The van der Waals surface area contributed by atoms with Crippen LogP contribution in [0.5, 0.6) is 0 Å². The van der Waals surface area contributed by atoms with Crippen LogP contribution in [0.4, 0.5) is 0 Å². The minimum Gasteiger partial charge on any atom is -0.466 e. The molecule has 0 spiro atoms. The van der Waals surface area contributed by atoms with E-state index in [-0.39, 0.29) is 26.1 Å². The lowest BCUT2D eigenvalue weighted by molar-refractivity contribution is -0.157. The van der Waals surface area contributed by atoms with Gasteiger partial charge in [0, 0.05) is 6.42 Å². The van der Waals surface area contributed by atoms with E-state index in [1.807, 2.05) is 0 Å². The van der Waals surface area contributed by atoms with E-state index in [0.717, 1.165) is 0 Å². The Morgan fingerprint density at radius 1 is 0.952 bits per heavy atom. The lowest BCUT2D eigenvalue weighted by atomic mass is 9.79. The summed E-state index contributed by atoms with van der Waals surface area (Å²) in [7, 11) is 0. The molecule has 0 rings (SSSR count). The molecule has 124 valence electrons. The first-order chi connectivity index (χ1) is 9.38. The summed E-state index contributed by atoms with van der Waals surface area (Å²) in [6.45, 7) is 7.04. The van der Waals surface area contributed by atoms with Crippen molar-refractivity contribution in [2.24, 2.45) is 5.41 Å². The lowest BCUT2D eigenvalue weighted by Crippen LogP contribution is -2.43.